The van der Waals surface area contributed by atoms with Gasteiger partial charge in [-0.15, -0.1) is 12.4 Å². The van der Waals surface area contributed by atoms with Crippen LogP contribution in [0.4, 0.5) is 0 Å². The quantitative estimate of drug-likeness (QED) is 0.862. The predicted molar refractivity (Wildman–Crippen MR) is 88.3 cm³/mol. The fourth-order valence-electron chi connectivity index (χ4n) is 3.18. The van der Waals surface area contributed by atoms with Crippen LogP contribution in [0.25, 0.3) is 11.5 Å². The smallest absolute Gasteiger partial charge is 0.257 e. The molecular formula is C17H22ClN3O. The summed E-state index contributed by atoms with van der Waals surface area (Å²) in [5, 5.41) is 4.22. The Labute approximate surface area is 137 Å². The minimum Gasteiger partial charge on any atom is -0.334 e. The van der Waals surface area contributed by atoms with Crippen LogP contribution < -0.4 is 0 Å². The SMILES string of the molecule is Cc1ccc(-c2nc(C3CCN(C4CC4)CC3)no2)cc1.Cl. The Bertz CT molecular complexity index is 613. The standard InChI is InChI=1S/C17H21N3O.ClH/c1-12-2-4-14(5-3-12)17-18-16(19-21-17)13-8-10-20(11-9-13)15-6-7-15;/h2-5,13,15H,6-11H2,1H3;1H. The zero-order valence-electron chi connectivity index (χ0n) is 12.9. The summed E-state index contributed by atoms with van der Waals surface area (Å²) in [6, 6.07) is 9.12. The minimum absolute atomic E-state index is 0. The van der Waals surface area contributed by atoms with Crippen molar-refractivity contribution < 1.29 is 4.52 Å². The zero-order valence-corrected chi connectivity index (χ0v) is 13.7. The van der Waals surface area contributed by atoms with Crippen LogP contribution in [0.2, 0.25) is 0 Å². The number of likely N-dealkylation sites (tertiary alicyclic amines) is 1. The van der Waals surface area contributed by atoms with Crippen LogP contribution in [0.3, 0.4) is 0 Å². The van der Waals surface area contributed by atoms with E-state index in [2.05, 4.69) is 34.1 Å². The van der Waals surface area contributed by atoms with Gasteiger partial charge in [0.25, 0.3) is 5.89 Å². The molecule has 0 N–H and O–H groups in total. The summed E-state index contributed by atoms with van der Waals surface area (Å²) in [5.74, 6) is 2.00. The molecule has 5 heteroatoms. The number of benzene rings is 1. The Morgan fingerprint density at radius 1 is 1.05 bits per heavy atom. The van der Waals surface area contributed by atoms with Gasteiger partial charge in [0.05, 0.1) is 0 Å². The van der Waals surface area contributed by atoms with Crippen LogP contribution in [0, 0.1) is 6.92 Å². The van der Waals surface area contributed by atoms with Crippen molar-refractivity contribution in [3.63, 3.8) is 0 Å². The molecule has 1 aromatic carbocycles. The second-order valence-electron chi connectivity index (χ2n) is 6.37. The molecule has 2 fully saturated rings. The molecule has 0 bridgehead atoms. The van der Waals surface area contributed by atoms with Crippen LogP contribution in [-0.2, 0) is 0 Å². The number of hydrogen-bond donors (Lipinski definition) is 0. The summed E-state index contributed by atoms with van der Waals surface area (Å²) in [7, 11) is 0. The normalized spacial score (nSPS) is 19.9. The molecule has 118 valence electrons. The van der Waals surface area contributed by atoms with Gasteiger partial charge in [0.1, 0.15) is 0 Å². The average Bonchev–Trinajstić information content (AvgIpc) is 3.26. The fraction of sp³-hybridized carbons (Fsp3) is 0.529. The molecule has 0 radical (unpaired) electrons. The summed E-state index contributed by atoms with van der Waals surface area (Å²) in [6.07, 6.45) is 5.10. The molecule has 0 atom stereocenters. The van der Waals surface area contributed by atoms with Gasteiger partial charge in [-0.05, 0) is 57.8 Å². The number of halogens is 1. The summed E-state index contributed by atoms with van der Waals surface area (Å²) < 4.78 is 5.46. The van der Waals surface area contributed by atoms with Crippen LogP contribution in [0.15, 0.2) is 28.8 Å². The van der Waals surface area contributed by atoms with Gasteiger partial charge in [0, 0.05) is 17.5 Å². The van der Waals surface area contributed by atoms with Crippen molar-refractivity contribution in [2.24, 2.45) is 0 Å². The molecule has 0 unspecified atom stereocenters. The maximum Gasteiger partial charge on any atom is 0.257 e. The lowest BCUT2D eigenvalue weighted by Gasteiger charge is -2.30. The number of hydrogen-bond acceptors (Lipinski definition) is 4. The van der Waals surface area contributed by atoms with Crippen LogP contribution >= 0.6 is 12.4 Å². The monoisotopic (exact) mass is 319 g/mol. The third-order valence-electron chi connectivity index (χ3n) is 4.70. The number of aromatic nitrogens is 2. The van der Waals surface area contributed by atoms with Crippen molar-refractivity contribution in [2.45, 2.75) is 44.6 Å². The molecule has 1 aliphatic heterocycles. The van der Waals surface area contributed by atoms with E-state index in [-0.39, 0.29) is 12.4 Å². The largest absolute Gasteiger partial charge is 0.334 e. The van der Waals surface area contributed by atoms with Crippen molar-refractivity contribution >= 4 is 12.4 Å². The molecule has 1 aliphatic carbocycles. The van der Waals surface area contributed by atoms with Gasteiger partial charge in [0.15, 0.2) is 5.82 Å². The highest BCUT2D eigenvalue weighted by Crippen LogP contribution is 2.34. The van der Waals surface area contributed by atoms with E-state index in [0.717, 1.165) is 30.3 Å². The second-order valence-corrected chi connectivity index (χ2v) is 6.37. The zero-order chi connectivity index (χ0) is 14.2. The number of rotatable bonds is 3. The van der Waals surface area contributed by atoms with Crippen LogP contribution in [0.5, 0.6) is 0 Å². The van der Waals surface area contributed by atoms with Crippen molar-refractivity contribution in [1.82, 2.24) is 15.0 Å². The van der Waals surface area contributed by atoms with E-state index in [4.69, 9.17) is 4.52 Å². The molecule has 4 nitrogen and oxygen atoms in total. The van der Waals surface area contributed by atoms with Gasteiger partial charge in [-0.25, -0.2) is 0 Å². The minimum atomic E-state index is 0. The topological polar surface area (TPSA) is 42.2 Å². The maximum atomic E-state index is 5.46. The molecule has 2 aromatic rings. The number of piperidine rings is 1. The first kappa shape index (κ1) is 15.5. The van der Waals surface area contributed by atoms with Gasteiger partial charge in [0.2, 0.25) is 0 Å². The molecule has 1 aromatic heterocycles. The van der Waals surface area contributed by atoms with Crippen LogP contribution in [0.1, 0.15) is 43.0 Å². The van der Waals surface area contributed by atoms with Gasteiger partial charge < -0.3 is 9.42 Å². The molecule has 2 heterocycles. The average molecular weight is 320 g/mol. The molecule has 4 rings (SSSR count). The van der Waals surface area contributed by atoms with Crippen molar-refractivity contribution in [3.05, 3.63) is 35.7 Å². The van der Waals surface area contributed by atoms with Gasteiger partial charge >= 0.3 is 0 Å². The van der Waals surface area contributed by atoms with E-state index in [9.17, 15) is 0 Å². The predicted octanol–water partition coefficient (Wildman–Crippen LogP) is 3.81. The van der Waals surface area contributed by atoms with Gasteiger partial charge in [-0.2, -0.15) is 4.98 Å². The van der Waals surface area contributed by atoms with E-state index in [1.807, 2.05) is 12.1 Å². The Morgan fingerprint density at radius 3 is 2.36 bits per heavy atom. The summed E-state index contributed by atoms with van der Waals surface area (Å²) in [5.41, 5.74) is 2.25. The van der Waals surface area contributed by atoms with E-state index in [1.165, 1.54) is 31.5 Å². The molecule has 1 saturated carbocycles. The summed E-state index contributed by atoms with van der Waals surface area (Å²) in [6.45, 7) is 4.45. The van der Waals surface area contributed by atoms with Gasteiger partial charge in [-0.3, -0.25) is 0 Å². The van der Waals surface area contributed by atoms with Crippen molar-refractivity contribution in [2.75, 3.05) is 13.1 Å². The van der Waals surface area contributed by atoms with Crippen molar-refractivity contribution in [1.29, 1.82) is 0 Å². The number of nitrogens with zero attached hydrogens (tertiary/aromatic N) is 3. The molecule has 2 aliphatic rings. The Morgan fingerprint density at radius 2 is 1.73 bits per heavy atom. The van der Waals surface area contributed by atoms with E-state index in [1.54, 1.807) is 0 Å². The lowest BCUT2D eigenvalue weighted by atomic mass is 9.96. The lowest BCUT2D eigenvalue weighted by molar-refractivity contribution is 0.199. The van der Waals surface area contributed by atoms with E-state index >= 15 is 0 Å². The fourth-order valence-corrected chi connectivity index (χ4v) is 3.18. The first-order chi connectivity index (χ1) is 10.3. The van der Waals surface area contributed by atoms with Gasteiger partial charge in [-0.1, -0.05) is 22.9 Å². The maximum absolute atomic E-state index is 5.46. The first-order valence-corrected chi connectivity index (χ1v) is 7.94. The third kappa shape index (κ3) is 3.18. The highest BCUT2D eigenvalue weighted by atomic mass is 35.5. The summed E-state index contributed by atoms with van der Waals surface area (Å²) in [4.78, 5) is 7.25. The first-order valence-electron chi connectivity index (χ1n) is 7.94. The Hall–Kier alpha value is -1.39. The molecule has 22 heavy (non-hydrogen) atoms. The van der Waals surface area contributed by atoms with Crippen LogP contribution in [-0.4, -0.2) is 34.2 Å². The molecule has 0 spiro atoms. The molecule has 0 amide bonds. The Kier molecular flexibility index (Phi) is 4.50. The lowest BCUT2D eigenvalue weighted by Crippen LogP contribution is -2.34. The third-order valence-corrected chi connectivity index (χ3v) is 4.70. The van der Waals surface area contributed by atoms with E-state index in [0.29, 0.717) is 11.8 Å². The Balaban J connectivity index is 0.00000144. The number of aryl methyl sites for hydroxylation is 1. The highest BCUT2D eigenvalue weighted by molar-refractivity contribution is 5.85. The molecule has 1 saturated heterocycles. The highest BCUT2D eigenvalue weighted by Gasteiger charge is 2.33. The second kappa shape index (κ2) is 6.39. The van der Waals surface area contributed by atoms with E-state index < -0.39 is 0 Å². The molecular weight excluding hydrogens is 298 g/mol. The summed E-state index contributed by atoms with van der Waals surface area (Å²) >= 11 is 0. The van der Waals surface area contributed by atoms with Crippen molar-refractivity contribution in [3.8, 4) is 11.5 Å².